The summed E-state index contributed by atoms with van der Waals surface area (Å²) in [5.74, 6) is -0.273. The lowest BCUT2D eigenvalue weighted by molar-refractivity contribution is 0.0642. The number of benzene rings is 1. The highest BCUT2D eigenvalue weighted by atomic mass is 32.2. The van der Waals surface area contributed by atoms with E-state index in [1.807, 2.05) is 6.92 Å². The third-order valence-electron chi connectivity index (χ3n) is 5.01. The second kappa shape index (κ2) is 8.00. The van der Waals surface area contributed by atoms with Gasteiger partial charge in [0.2, 0.25) is 0 Å². The summed E-state index contributed by atoms with van der Waals surface area (Å²) in [6, 6.07) is 5.99. The van der Waals surface area contributed by atoms with Crippen LogP contribution in [0.4, 0.5) is 4.39 Å². The number of amides is 1. The van der Waals surface area contributed by atoms with E-state index in [1.54, 1.807) is 28.6 Å². The third-order valence-corrected chi connectivity index (χ3v) is 5.94. The Kier molecular flexibility index (Phi) is 5.85. The topological polar surface area (TPSA) is 75.5 Å². The van der Waals surface area contributed by atoms with Crippen LogP contribution in [0, 0.1) is 19.7 Å². The number of rotatable bonds is 5. The molecule has 0 bridgehead atoms. The highest BCUT2D eigenvalue weighted by Crippen LogP contribution is 2.20. The maximum atomic E-state index is 13.2. The van der Waals surface area contributed by atoms with Gasteiger partial charge in [-0.3, -0.25) is 9.69 Å². The Bertz CT molecular complexity index is 962. The zero-order chi connectivity index (χ0) is 20.5. The molecule has 3 rings (SSSR count). The second-order valence-electron chi connectivity index (χ2n) is 7.20. The predicted molar refractivity (Wildman–Crippen MR) is 105 cm³/mol. The predicted octanol–water partition coefficient (Wildman–Crippen LogP) is 1.43. The Labute approximate surface area is 164 Å². The Hall–Kier alpha value is -2.26. The van der Waals surface area contributed by atoms with Gasteiger partial charge in [-0.15, -0.1) is 0 Å². The van der Waals surface area contributed by atoms with E-state index in [2.05, 4.69) is 10.00 Å². The van der Waals surface area contributed by atoms with Crippen LogP contribution in [0.3, 0.4) is 0 Å². The van der Waals surface area contributed by atoms with Gasteiger partial charge in [0.05, 0.1) is 28.4 Å². The minimum absolute atomic E-state index is 0.0777. The molecule has 1 aromatic carbocycles. The molecule has 1 amide bonds. The zero-order valence-electron chi connectivity index (χ0n) is 16.4. The molecule has 0 atom stereocenters. The molecule has 7 nitrogen and oxygen atoms in total. The zero-order valence-corrected chi connectivity index (χ0v) is 17.2. The number of nitrogens with zero attached hydrogens (tertiary/aromatic N) is 4. The van der Waals surface area contributed by atoms with Gasteiger partial charge in [0.25, 0.3) is 5.91 Å². The Morgan fingerprint density at radius 1 is 1.11 bits per heavy atom. The minimum atomic E-state index is -2.99. The van der Waals surface area contributed by atoms with Crippen molar-refractivity contribution in [1.82, 2.24) is 19.6 Å². The number of carbonyl (C=O) groups excluding carboxylic acids is 1. The number of halogens is 1. The summed E-state index contributed by atoms with van der Waals surface area (Å²) in [7, 11) is -2.99. The van der Waals surface area contributed by atoms with Gasteiger partial charge in [-0.05, 0) is 38.1 Å². The third kappa shape index (κ3) is 4.59. The molecule has 1 fully saturated rings. The van der Waals surface area contributed by atoms with E-state index in [0.29, 0.717) is 55.4 Å². The van der Waals surface area contributed by atoms with Crippen molar-refractivity contribution in [1.29, 1.82) is 0 Å². The summed E-state index contributed by atoms with van der Waals surface area (Å²) >= 11 is 0. The van der Waals surface area contributed by atoms with Crippen LogP contribution in [0.25, 0.3) is 5.69 Å². The number of piperazine rings is 1. The van der Waals surface area contributed by atoms with Crippen LogP contribution >= 0.6 is 0 Å². The van der Waals surface area contributed by atoms with Gasteiger partial charge in [-0.1, -0.05) is 0 Å². The highest BCUT2D eigenvalue weighted by Gasteiger charge is 2.27. The number of hydrogen-bond donors (Lipinski definition) is 0. The Balaban J connectivity index is 1.71. The molecule has 1 aromatic heterocycles. The van der Waals surface area contributed by atoms with Crippen LogP contribution in [0.15, 0.2) is 24.3 Å². The van der Waals surface area contributed by atoms with Crippen molar-refractivity contribution in [2.45, 2.75) is 13.8 Å². The fraction of sp³-hybridized carbons (Fsp3) is 0.474. The molecular weight excluding hydrogens is 383 g/mol. The fourth-order valence-corrected chi connectivity index (χ4v) is 4.00. The highest BCUT2D eigenvalue weighted by molar-refractivity contribution is 7.90. The molecular formula is C19H25FN4O3S. The molecule has 1 aliphatic rings. The molecule has 0 N–H and O–H groups in total. The maximum Gasteiger partial charge on any atom is 0.257 e. The second-order valence-corrected chi connectivity index (χ2v) is 9.46. The van der Waals surface area contributed by atoms with Crippen LogP contribution < -0.4 is 0 Å². The molecule has 2 aromatic rings. The molecule has 152 valence electrons. The number of carbonyl (C=O) groups is 1. The van der Waals surface area contributed by atoms with Crippen LogP contribution in [-0.4, -0.2) is 78.6 Å². The fourth-order valence-electron chi connectivity index (χ4n) is 3.41. The van der Waals surface area contributed by atoms with Crippen molar-refractivity contribution in [3.63, 3.8) is 0 Å². The van der Waals surface area contributed by atoms with Crippen molar-refractivity contribution >= 4 is 15.7 Å². The summed E-state index contributed by atoms with van der Waals surface area (Å²) in [6.45, 7) is 6.49. The first-order valence-electron chi connectivity index (χ1n) is 9.17. The summed E-state index contributed by atoms with van der Waals surface area (Å²) in [6.07, 6.45) is 1.23. The molecule has 0 aliphatic carbocycles. The van der Waals surface area contributed by atoms with Crippen molar-refractivity contribution < 1.29 is 17.6 Å². The Morgan fingerprint density at radius 3 is 2.29 bits per heavy atom. The van der Waals surface area contributed by atoms with E-state index in [1.165, 1.54) is 18.4 Å². The molecule has 0 saturated carbocycles. The number of sulfone groups is 1. The number of aromatic nitrogens is 2. The average Bonchev–Trinajstić information content (AvgIpc) is 2.94. The van der Waals surface area contributed by atoms with Crippen LogP contribution in [0.5, 0.6) is 0 Å². The molecule has 1 aliphatic heterocycles. The lowest BCUT2D eigenvalue weighted by Gasteiger charge is -2.34. The van der Waals surface area contributed by atoms with Crippen molar-refractivity contribution in [3.8, 4) is 5.69 Å². The van der Waals surface area contributed by atoms with Crippen molar-refractivity contribution in [2.24, 2.45) is 0 Å². The SMILES string of the molecule is Cc1nn(-c2ccc(F)cc2)c(C)c1C(=O)N1CCN(CCS(C)(=O)=O)CC1. The van der Waals surface area contributed by atoms with Gasteiger partial charge >= 0.3 is 0 Å². The van der Waals surface area contributed by atoms with E-state index in [9.17, 15) is 17.6 Å². The summed E-state index contributed by atoms with van der Waals surface area (Å²) in [5.41, 5.74) is 2.61. The monoisotopic (exact) mass is 408 g/mol. The first-order chi connectivity index (χ1) is 13.2. The lowest BCUT2D eigenvalue weighted by atomic mass is 10.1. The molecule has 0 unspecified atom stereocenters. The maximum absolute atomic E-state index is 13.2. The van der Waals surface area contributed by atoms with Crippen LogP contribution in [-0.2, 0) is 9.84 Å². The average molecular weight is 408 g/mol. The van der Waals surface area contributed by atoms with E-state index in [-0.39, 0.29) is 17.5 Å². The van der Waals surface area contributed by atoms with E-state index in [0.717, 1.165) is 0 Å². The van der Waals surface area contributed by atoms with Crippen LogP contribution in [0.2, 0.25) is 0 Å². The number of aryl methyl sites for hydroxylation is 1. The summed E-state index contributed by atoms with van der Waals surface area (Å²) in [4.78, 5) is 16.9. The van der Waals surface area contributed by atoms with Crippen LogP contribution in [0.1, 0.15) is 21.7 Å². The molecule has 2 heterocycles. The van der Waals surface area contributed by atoms with E-state index >= 15 is 0 Å². The van der Waals surface area contributed by atoms with E-state index in [4.69, 9.17) is 0 Å². The normalized spacial score (nSPS) is 15.8. The Morgan fingerprint density at radius 2 is 1.71 bits per heavy atom. The van der Waals surface area contributed by atoms with Crippen molar-refractivity contribution in [2.75, 3.05) is 44.7 Å². The van der Waals surface area contributed by atoms with Crippen molar-refractivity contribution in [3.05, 3.63) is 47.0 Å². The van der Waals surface area contributed by atoms with Gasteiger partial charge in [-0.2, -0.15) is 5.10 Å². The first-order valence-corrected chi connectivity index (χ1v) is 11.2. The standard InChI is InChI=1S/C19H25FN4O3S/c1-14-18(15(2)24(21-14)17-6-4-16(20)5-7-17)19(25)23-10-8-22(9-11-23)12-13-28(3,26)27/h4-7H,8-13H2,1-3H3. The van der Waals surface area contributed by atoms with E-state index < -0.39 is 9.84 Å². The molecule has 1 saturated heterocycles. The largest absolute Gasteiger partial charge is 0.336 e. The van der Waals surface area contributed by atoms with Gasteiger partial charge in [0, 0.05) is 39.0 Å². The smallest absolute Gasteiger partial charge is 0.257 e. The van der Waals surface area contributed by atoms with Gasteiger partial charge < -0.3 is 4.90 Å². The lowest BCUT2D eigenvalue weighted by Crippen LogP contribution is -2.49. The van der Waals surface area contributed by atoms with Gasteiger partial charge in [0.1, 0.15) is 15.7 Å². The summed E-state index contributed by atoms with van der Waals surface area (Å²) in [5, 5.41) is 4.47. The first kappa shape index (κ1) is 20.5. The van der Waals surface area contributed by atoms with Gasteiger partial charge in [-0.25, -0.2) is 17.5 Å². The minimum Gasteiger partial charge on any atom is -0.336 e. The molecule has 0 radical (unpaired) electrons. The quantitative estimate of drug-likeness (QED) is 0.748. The summed E-state index contributed by atoms with van der Waals surface area (Å²) < 4.78 is 37.5. The van der Waals surface area contributed by atoms with Gasteiger partial charge in [0.15, 0.2) is 0 Å². The molecule has 0 spiro atoms. The molecule has 9 heteroatoms. The number of hydrogen-bond acceptors (Lipinski definition) is 5. The molecule has 28 heavy (non-hydrogen) atoms.